The molecule has 2 aromatic rings. The van der Waals surface area contributed by atoms with Crippen LogP contribution in [0.3, 0.4) is 0 Å². The molecule has 0 atom stereocenters. The number of carbonyl (C=O) groups is 2. The molecular formula is C16H20N4O2S. The minimum Gasteiger partial charge on any atom is -0.346 e. The van der Waals surface area contributed by atoms with E-state index in [2.05, 4.69) is 15.6 Å². The van der Waals surface area contributed by atoms with Crippen LogP contribution in [0.15, 0.2) is 35.7 Å². The SMILES string of the molecule is Cc1cccc(NC(=O)CNC(=O)CSc2nccn2C)c1C. The molecule has 2 rings (SSSR count). The highest BCUT2D eigenvalue weighted by atomic mass is 32.2. The predicted molar refractivity (Wildman–Crippen MR) is 91.5 cm³/mol. The molecule has 23 heavy (non-hydrogen) atoms. The van der Waals surface area contributed by atoms with Gasteiger partial charge in [0.25, 0.3) is 0 Å². The van der Waals surface area contributed by atoms with E-state index in [4.69, 9.17) is 0 Å². The van der Waals surface area contributed by atoms with Crippen molar-refractivity contribution in [2.45, 2.75) is 19.0 Å². The molecule has 2 N–H and O–H groups in total. The standard InChI is InChI=1S/C16H20N4O2S/c1-11-5-4-6-13(12(11)2)19-14(21)9-18-15(22)10-23-16-17-7-8-20(16)3/h4-8H,9-10H2,1-3H3,(H,18,22)(H,19,21). The van der Waals surface area contributed by atoms with Crippen LogP contribution in [0.2, 0.25) is 0 Å². The Morgan fingerprint density at radius 3 is 2.74 bits per heavy atom. The number of nitrogens with zero attached hydrogens (tertiary/aromatic N) is 2. The average Bonchev–Trinajstić information content (AvgIpc) is 2.93. The van der Waals surface area contributed by atoms with E-state index in [0.29, 0.717) is 0 Å². The Kier molecular flexibility index (Phi) is 5.81. The number of hydrogen-bond acceptors (Lipinski definition) is 4. The van der Waals surface area contributed by atoms with E-state index in [0.717, 1.165) is 22.0 Å². The van der Waals surface area contributed by atoms with Crippen molar-refractivity contribution in [2.75, 3.05) is 17.6 Å². The number of rotatable bonds is 6. The highest BCUT2D eigenvalue weighted by Crippen LogP contribution is 2.17. The minimum absolute atomic E-state index is 0.0483. The van der Waals surface area contributed by atoms with Gasteiger partial charge in [-0.1, -0.05) is 23.9 Å². The molecule has 7 heteroatoms. The van der Waals surface area contributed by atoms with Crippen LogP contribution in [0.25, 0.3) is 0 Å². The maximum Gasteiger partial charge on any atom is 0.243 e. The van der Waals surface area contributed by atoms with E-state index in [1.54, 1.807) is 6.20 Å². The second kappa shape index (κ2) is 7.82. The summed E-state index contributed by atoms with van der Waals surface area (Å²) in [6.07, 6.45) is 3.50. The van der Waals surface area contributed by atoms with Crippen LogP contribution < -0.4 is 10.6 Å². The summed E-state index contributed by atoms with van der Waals surface area (Å²) in [7, 11) is 1.87. The van der Waals surface area contributed by atoms with E-state index in [1.165, 1.54) is 11.8 Å². The quantitative estimate of drug-likeness (QED) is 0.792. The van der Waals surface area contributed by atoms with Gasteiger partial charge in [-0.15, -0.1) is 0 Å². The van der Waals surface area contributed by atoms with Gasteiger partial charge in [0.15, 0.2) is 5.16 Å². The molecule has 0 bridgehead atoms. The van der Waals surface area contributed by atoms with Crippen molar-refractivity contribution in [3.8, 4) is 0 Å². The third-order valence-corrected chi connectivity index (χ3v) is 4.49. The summed E-state index contributed by atoms with van der Waals surface area (Å²) >= 11 is 1.33. The van der Waals surface area contributed by atoms with Gasteiger partial charge in [-0.3, -0.25) is 9.59 Å². The highest BCUT2D eigenvalue weighted by molar-refractivity contribution is 7.99. The predicted octanol–water partition coefficient (Wildman–Crippen LogP) is 1.88. The lowest BCUT2D eigenvalue weighted by atomic mass is 10.1. The Morgan fingerprint density at radius 2 is 2.04 bits per heavy atom. The molecule has 0 aliphatic carbocycles. The molecule has 6 nitrogen and oxygen atoms in total. The van der Waals surface area contributed by atoms with Crippen LogP contribution in [0.1, 0.15) is 11.1 Å². The van der Waals surface area contributed by atoms with E-state index in [-0.39, 0.29) is 24.1 Å². The largest absolute Gasteiger partial charge is 0.346 e. The van der Waals surface area contributed by atoms with Gasteiger partial charge in [-0.2, -0.15) is 0 Å². The summed E-state index contributed by atoms with van der Waals surface area (Å²) in [5, 5.41) is 6.18. The minimum atomic E-state index is -0.242. The Morgan fingerprint density at radius 1 is 1.26 bits per heavy atom. The summed E-state index contributed by atoms with van der Waals surface area (Å²) in [6.45, 7) is 3.89. The van der Waals surface area contributed by atoms with Crippen LogP contribution in [0.5, 0.6) is 0 Å². The number of nitrogens with one attached hydrogen (secondary N) is 2. The summed E-state index contributed by atoms with van der Waals surface area (Å²) in [5.41, 5.74) is 2.91. The van der Waals surface area contributed by atoms with Gasteiger partial charge < -0.3 is 15.2 Å². The number of carbonyl (C=O) groups excluding carboxylic acids is 2. The van der Waals surface area contributed by atoms with Crippen molar-refractivity contribution < 1.29 is 9.59 Å². The van der Waals surface area contributed by atoms with E-state index >= 15 is 0 Å². The first-order chi connectivity index (χ1) is 11.0. The van der Waals surface area contributed by atoms with Crippen molar-refractivity contribution in [1.82, 2.24) is 14.9 Å². The maximum atomic E-state index is 11.9. The molecule has 1 heterocycles. The summed E-state index contributed by atoms with van der Waals surface area (Å²) in [6, 6.07) is 5.72. The highest BCUT2D eigenvalue weighted by Gasteiger charge is 2.09. The van der Waals surface area contributed by atoms with E-state index in [1.807, 2.05) is 49.9 Å². The molecule has 0 saturated carbocycles. The average molecular weight is 332 g/mol. The van der Waals surface area contributed by atoms with Crippen LogP contribution in [0, 0.1) is 13.8 Å². The Hall–Kier alpha value is -2.28. The fraction of sp³-hybridized carbons (Fsp3) is 0.312. The summed E-state index contributed by atoms with van der Waals surface area (Å²) < 4.78 is 1.84. The molecule has 2 amide bonds. The lowest BCUT2D eigenvalue weighted by Crippen LogP contribution is -2.34. The monoisotopic (exact) mass is 332 g/mol. The molecule has 1 aromatic carbocycles. The Bertz CT molecular complexity index is 712. The normalized spacial score (nSPS) is 10.4. The zero-order chi connectivity index (χ0) is 16.8. The zero-order valence-electron chi connectivity index (χ0n) is 13.4. The fourth-order valence-electron chi connectivity index (χ4n) is 1.93. The second-order valence-corrected chi connectivity index (χ2v) is 6.12. The van der Waals surface area contributed by atoms with E-state index < -0.39 is 0 Å². The van der Waals surface area contributed by atoms with Gasteiger partial charge in [0.1, 0.15) is 0 Å². The maximum absolute atomic E-state index is 11.9. The number of hydrogen-bond donors (Lipinski definition) is 2. The van der Waals surface area contributed by atoms with Crippen molar-refractivity contribution in [3.05, 3.63) is 41.7 Å². The molecule has 0 aliphatic heterocycles. The van der Waals surface area contributed by atoms with E-state index in [9.17, 15) is 9.59 Å². The molecular weight excluding hydrogens is 312 g/mol. The van der Waals surface area contributed by atoms with Crippen molar-refractivity contribution in [2.24, 2.45) is 7.05 Å². The molecule has 1 aromatic heterocycles. The van der Waals surface area contributed by atoms with Crippen LogP contribution in [-0.2, 0) is 16.6 Å². The van der Waals surface area contributed by atoms with Crippen molar-refractivity contribution >= 4 is 29.3 Å². The van der Waals surface area contributed by atoms with Crippen LogP contribution in [0.4, 0.5) is 5.69 Å². The number of anilines is 1. The van der Waals surface area contributed by atoms with Crippen molar-refractivity contribution in [3.63, 3.8) is 0 Å². The smallest absolute Gasteiger partial charge is 0.243 e. The molecule has 0 fully saturated rings. The summed E-state index contributed by atoms with van der Waals surface area (Å²) in [5.74, 6) is -0.218. The number of aryl methyl sites for hydroxylation is 2. The second-order valence-electron chi connectivity index (χ2n) is 5.18. The van der Waals surface area contributed by atoms with Gasteiger partial charge in [0.2, 0.25) is 11.8 Å². The first kappa shape index (κ1) is 17.1. The van der Waals surface area contributed by atoms with Crippen LogP contribution >= 0.6 is 11.8 Å². The first-order valence-corrected chi connectivity index (χ1v) is 8.19. The lowest BCUT2D eigenvalue weighted by molar-refractivity contribution is -0.122. The number of aromatic nitrogens is 2. The van der Waals surface area contributed by atoms with Gasteiger partial charge in [0.05, 0.1) is 12.3 Å². The third kappa shape index (κ3) is 4.85. The number of benzene rings is 1. The number of thioether (sulfide) groups is 1. The van der Waals surface area contributed by atoms with Crippen LogP contribution in [-0.4, -0.2) is 33.7 Å². The first-order valence-electron chi connectivity index (χ1n) is 7.20. The van der Waals surface area contributed by atoms with Gasteiger partial charge in [-0.05, 0) is 31.0 Å². The topological polar surface area (TPSA) is 76.0 Å². The molecule has 0 saturated heterocycles. The zero-order valence-corrected chi connectivity index (χ0v) is 14.2. The summed E-state index contributed by atoms with van der Waals surface area (Å²) in [4.78, 5) is 27.8. The van der Waals surface area contributed by atoms with Gasteiger partial charge in [0, 0.05) is 25.1 Å². The molecule has 122 valence electrons. The molecule has 0 spiro atoms. The molecule has 0 aliphatic rings. The number of imidazole rings is 1. The fourth-order valence-corrected chi connectivity index (χ4v) is 2.69. The molecule has 0 radical (unpaired) electrons. The number of amides is 2. The molecule has 0 unspecified atom stereocenters. The third-order valence-electron chi connectivity index (χ3n) is 3.43. The van der Waals surface area contributed by atoms with Crippen molar-refractivity contribution in [1.29, 1.82) is 0 Å². The Labute approximate surface area is 139 Å². The Balaban J connectivity index is 1.76. The van der Waals surface area contributed by atoms with Gasteiger partial charge >= 0.3 is 0 Å². The van der Waals surface area contributed by atoms with Gasteiger partial charge in [-0.25, -0.2) is 4.98 Å². The lowest BCUT2D eigenvalue weighted by Gasteiger charge is -2.11.